The number of carboxylic acids is 2. The van der Waals surface area contributed by atoms with Crippen molar-refractivity contribution >= 4 is 28.6 Å². The van der Waals surface area contributed by atoms with Crippen molar-refractivity contribution in [3.8, 4) is 0 Å². The Labute approximate surface area is 321 Å². The van der Waals surface area contributed by atoms with Gasteiger partial charge in [0.15, 0.2) is 0 Å². The van der Waals surface area contributed by atoms with Crippen LogP contribution in [0, 0.1) is 0 Å². The van der Waals surface area contributed by atoms with Crippen molar-refractivity contribution in [2.45, 2.75) is 147 Å². The van der Waals surface area contributed by atoms with Crippen molar-refractivity contribution in [3.63, 3.8) is 0 Å². The molecule has 5 N–H and O–H groups in total. The van der Waals surface area contributed by atoms with Crippen LogP contribution < -0.4 is 5.73 Å². The number of amides is 1. The number of piperazine rings is 1. The molecule has 0 saturated carbocycles. The Morgan fingerprint density at radius 3 is 1.71 bits per heavy atom. The summed E-state index contributed by atoms with van der Waals surface area (Å²) < 4.78 is 63.5. The normalized spacial score (nSPS) is 16.0. The van der Waals surface area contributed by atoms with E-state index in [0.29, 0.717) is 13.1 Å². The van der Waals surface area contributed by atoms with Gasteiger partial charge in [-0.15, -0.1) is 0 Å². The number of benzene rings is 2. The van der Waals surface area contributed by atoms with Gasteiger partial charge in [-0.25, -0.2) is 9.59 Å². The fraction of sp³-hybridized carbons (Fsp3) is 0.675. The monoisotopic (exact) mass is 793 g/mol. The van der Waals surface area contributed by atoms with Crippen molar-refractivity contribution in [1.82, 2.24) is 9.80 Å². The maximum Gasteiger partial charge on any atom is 0.490 e. The van der Waals surface area contributed by atoms with Gasteiger partial charge in [-0.1, -0.05) is 140 Å². The van der Waals surface area contributed by atoms with Gasteiger partial charge >= 0.3 is 24.3 Å². The molecule has 1 unspecified atom stereocenters. The lowest BCUT2D eigenvalue weighted by molar-refractivity contribution is -0.193. The second kappa shape index (κ2) is 26.4. The van der Waals surface area contributed by atoms with Crippen LogP contribution in [0.1, 0.15) is 127 Å². The van der Waals surface area contributed by atoms with E-state index >= 15 is 0 Å². The van der Waals surface area contributed by atoms with Gasteiger partial charge in [0.05, 0.1) is 6.10 Å². The Balaban J connectivity index is 0.000000913. The zero-order chi connectivity index (χ0) is 41.4. The van der Waals surface area contributed by atoms with Crippen molar-refractivity contribution < 1.29 is 56.0 Å². The summed E-state index contributed by atoms with van der Waals surface area (Å²) in [5.74, 6) is -5.39. The molecule has 1 amide bonds. The van der Waals surface area contributed by atoms with Crippen LogP contribution >= 0.6 is 0 Å². The molecule has 1 saturated heterocycles. The predicted molar refractivity (Wildman–Crippen MR) is 202 cm³/mol. The molecular weight excluding hydrogens is 732 g/mol. The summed E-state index contributed by atoms with van der Waals surface area (Å²) in [6, 6.07) is 14.2. The highest BCUT2D eigenvalue weighted by molar-refractivity contribution is 6.07. The minimum absolute atomic E-state index is 0.124. The molecular formula is C40H61F6N3O6. The van der Waals surface area contributed by atoms with E-state index in [1.54, 1.807) is 0 Å². The second-order valence-electron chi connectivity index (χ2n) is 14.1. The molecule has 0 aromatic heterocycles. The van der Waals surface area contributed by atoms with Gasteiger partial charge in [-0.2, -0.15) is 26.3 Å². The molecule has 55 heavy (non-hydrogen) atoms. The van der Waals surface area contributed by atoms with Gasteiger partial charge in [0.25, 0.3) is 5.91 Å². The quantitative estimate of drug-likeness (QED) is 0.0768. The highest BCUT2D eigenvalue weighted by Gasteiger charge is 2.39. The minimum Gasteiger partial charge on any atom is -0.475 e. The van der Waals surface area contributed by atoms with Crippen LogP contribution in [-0.4, -0.2) is 99.7 Å². The van der Waals surface area contributed by atoms with Crippen LogP contribution in [-0.2, 0) is 9.59 Å². The third kappa shape index (κ3) is 20.3. The number of unbranched alkanes of at least 4 members (excludes halogenated alkanes) is 12. The minimum atomic E-state index is -5.08. The summed E-state index contributed by atoms with van der Waals surface area (Å²) in [6.07, 6.45) is 9.36. The number of hydrogen-bond acceptors (Lipinski definition) is 6. The maximum atomic E-state index is 13.6. The fourth-order valence-electron chi connectivity index (χ4n) is 6.41. The largest absolute Gasteiger partial charge is 0.490 e. The predicted octanol–water partition coefficient (Wildman–Crippen LogP) is 9.20. The number of aliphatic hydroxyl groups excluding tert-OH is 1. The van der Waals surface area contributed by atoms with Gasteiger partial charge in [-0.3, -0.25) is 9.69 Å². The van der Waals surface area contributed by atoms with E-state index in [1.165, 1.54) is 70.6 Å². The van der Waals surface area contributed by atoms with Gasteiger partial charge in [0.2, 0.25) is 0 Å². The number of carbonyl (C=O) groups excluding carboxylic acids is 1. The number of nitrogens with zero attached hydrogens (tertiary/aromatic N) is 2. The molecule has 1 heterocycles. The van der Waals surface area contributed by atoms with Gasteiger partial charge in [0, 0.05) is 43.8 Å². The number of halogens is 6. The van der Waals surface area contributed by atoms with Crippen LogP contribution in [0.2, 0.25) is 0 Å². The lowest BCUT2D eigenvalue weighted by Gasteiger charge is -2.43. The van der Waals surface area contributed by atoms with Crippen LogP contribution in [0.15, 0.2) is 42.5 Å². The molecule has 0 radical (unpaired) electrons. The summed E-state index contributed by atoms with van der Waals surface area (Å²) in [6.45, 7) is 7.43. The zero-order valence-electron chi connectivity index (χ0n) is 32.2. The number of rotatable bonds is 20. The van der Waals surface area contributed by atoms with Crippen LogP contribution in [0.4, 0.5) is 26.3 Å². The average molecular weight is 794 g/mol. The van der Waals surface area contributed by atoms with E-state index in [2.05, 4.69) is 30.9 Å². The Morgan fingerprint density at radius 1 is 0.727 bits per heavy atom. The number of carbonyl (C=O) groups is 3. The van der Waals surface area contributed by atoms with Crippen molar-refractivity contribution in [2.75, 3.05) is 26.2 Å². The number of aliphatic carboxylic acids is 2. The standard InChI is InChI=1S/C36H59N3O2.2C2HF3O2/c1-3-5-7-8-9-10-11-12-13-14-15-16-25-35(40)34(37)29-38-26-27-39(28-31(38)22-6-4-2)36(41)33-24-19-21-30-20-17-18-23-32(30)33;2*3-2(4,5)1(6)7/h17-21,23-24,31,34-35,40H,3-16,22,25-29,37H2,1-2H3;2*(H,6,7)/t31-,34+,35?;;/m0../s1. The topological polar surface area (TPSA) is 144 Å². The first kappa shape index (κ1) is 49.6. The molecule has 0 aliphatic carbocycles. The summed E-state index contributed by atoms with van der Waals surface area (Å²) in [7, 11) is 0. The highest BCUT2D eigenvalue weighted by Crippen LogP contribution is 2.24. The maximum absolute atomic E-state index is 13.6. The third-order valence-electron chi connectivity index (χ3n) is 9.58. The van der Waals surface area contributed by atoms with Gasteiger partial charge in [-0.05, 0) is 29.7 Å². The first-order valence-corrected chi connectivity index (χ1v) is 19.5. The van der Waals surface area contributed by atoms with Crippen LogP contribution in [0.3, 0.4) is 0 Å². The lowest BCUT2D eigenvalue weighted by Crippen LogP contribution is -2.58. The molecule has 15 heteroatoms. The first-order valence-electron chi connectivity index (χ1n) is 19.5. The van der Waals surface area contributed by atoms with E-state index in [-0.39, 0.29) is 18.0 Å². The molecule has 9 nitrogen and oxygen atoms in total. The second-order valence-corrected chi connectivity index (χ2v) is 14.1. The Hall–Kier alpha value is -3.43. The molecule has 0 bridgehead atoms. The third-order valence-corrected chi connectivity index (χ3v) is 9.58. The van der Waals surface area contributed by atoms with Crippen LogP contribution in [0.5, 0.6) is 0 Å². The average Bonchev–Trinajstić information content (AvgIpc) is 3.13. The number of hydrogen-bond donors (Lipinski definition) is 4. The number of aliphatic hydroxyl groups is 1. The SMILES string of the molecule is CCCCCCCCCCCCCCC(O)[C@H](N)CN1CCN(C(=O)c2cccc3ccccc23)C[C@@H]1CCCC.O=C(O)C(F)(F)F.O=C(O)C(F)(F)F. The van der Waals surface area contributed by atoms with E-state index in [9.17, 15) is 36.2 Å². The van der Waals surface area contributed by atoms with Gasteiger partial charge < -0.3 is 26.0 Å². The number of alkyl halides is 6. The molecule has 2 aromatic carbocycles. The summed E-state index contributed by atoms with van der Waals surface area (Å²) in [5.41, 5.74) is 7.35. The summed E-state index contributed by atoms with van der Waals surface area (Å²) >= 11 is 0. The van der Waals surface area contributed by atoms with Crippen molar-refractivity contribution in [1.29, 1.82) is 0 Å². The number of nitrogens with two attached hydrogens (primary N) is 1. The zero-order valence-corrected chi connectivity index (χ0v) is 32.2. The summed E-state index contributed by atoms with van der Waals surface area (Å²) in [4.78, 5) is 35.9. The van der Waals surface area contributed by atoms with E-state index in [1.807, 2.05) is 35.2 Å². The Morgan fingerprint density at radius 2 is 1.20 bits per heavy atom. The van der Waals surface area contributed by atoms with Gasteiger partial charge in [0.1, 0.15) is 0 Å². The number of fused-ring (bicyclic) bond motifs is 1. The van der Waals surface area contributed by atoms with Crippen LogP contribution in [0.25, 0.3) is 10.8 Å². The molecule has 1 fully saturated rings. The van der Waals surface area contributed by atoms with E-state index < -0.39 is 30.4 Å². The summed E-state index contributed by atoms with van der Waals surface area (Å²) in [5, 5.41) is 27.2. The number of carboxylic acid groups (broad SMARTS) is 2. The molecule has 3 rings (SSSR count). The smallest absolute Gasteiger partial charge is 0.475 e. The molecule has 1 aliphatic rings. The van der Waals surface area contributed by atoms with E-state index in [0.717, 1.165) is 61.5 Å². The van der Waals surface area contributed by atoms with E-state index in [4.69, 9.17) is 25.5 Å². The highest BCUT2D eigenvalue weighted by atomic mass is 19.4. The lowest BCUT2D eigenvalue weighted by atomic mass is 9.99. The molecule has 2 aromatic rings. The molecule has 0 spiro atoms. The molecule has 1 aliphatic heterocycles. The first-order chi connectivity index (χ1) is 25.9. The molecule has 314 valence electrons. The Kier molecular flexibility index (Phi) is 23.8. The Bertz CT molecular complexity index is 1360. The van der Waals surface area contributed by atoms with Crippen molar-refractivity contribution in [3.05, 3.63) is 48.0 Å². The van der Waals surface area contributed by atoms with Crippen molar-refractivity contribution in [2.24, 2.45) is 5.73 Å². The fourth-order valence-corrected chi connectivity index (χ4v) is 6.41. The molecule has 3 atom stereocenters.